The molecule has 1 aromatic rings. The molecule has 5 unspecified atom stereocenters. The highest BCUT2D eigenvalue weighted by molar-refractivity contribution is 5.89. The molecular weight excluding hydrogens is 324 g/mol. The van der Waals surface area contributed by atoms with E-state index in [-0.39, 0.29) is 35.9 Å². The van der Waals surface area contributed by atoms with Crippen LogP contribution in [-0.4, -0.2) is 30.2 Å². The van der Waals surface area contributed by atoms with E-state index in [4.69, 9.17) is 10.5 Å². The molecule has 24 heavy (non-hydrogen) atoms. The second-order valence-electron chi connectivity index (χ2n) is 7.93. The number of carbonyl (C=O) groups excluding carboxylic acids is 1. The molecule has 4 rings (SSSR count). The molecule has 2 fully saturated rings. The molecule has 2 saturated carbocycles. The second kappa shape index (κ2) is 5.72. The van der Waals surface area contributed by atoms with Crippen molar-refractivity contribution in [1.82, 2.24) is 5.32 Å². The summed E-state index contributed by atoms with van der Waals surface area (Å²) < 4.78 is 5.72. The van der Waals surface area contributed by atoms with Gasteiger partial charge in [0.05, 0.1) is 6.10 Å². The van der Waals surface area contributed by atoms with Crippen LogP contribution in [0.5, 0.6) is 0 Å². The number of rotatable bonds is 4. The van der Waals surface area contributed by atoms with Gasteiger partial charge in [-0.2, -0.15) is 0 Å². The lowest BCUT2D eigenvalue weighted by atomic mass is 9.54. The lowest BCUT2D eigenvalue weighted by molar-refractivity contribution is -0.170. The van der Waals surface area contributed by atoms with Crippen LogP contribution in [-0.2, 0) is 16.0 Å². The van der Waals surface area contributed by atoms with Crippen molar-refractivity contribution in [2.75, 3.05) is 6.61 Å². The summed E-state index contributed by atoms with van der Waals surface area (Å²) in [5.74, 6) is 1.05. The molecule has 0 bridgehead atoms. The van der Waals surface area contributed by atoms with Crippen molar-refractivity contribution in [2.24, 2.45) is 17.1 Å². The molecule has 3 aliphatic rings. The Hall–Kier alpha value is -1.10. The Morgan fingerprint density at radius 2 is 2.08 bits per heavy atom. The van der Waals surface area contributed by atoms with E-state index in [0.29, 0.717) is 24.9 Å². The van der Waals surface area contributed by atoms with E-state index in [9.17, 15) is 4.79 Å². The monoisotopic (exact) mass is 350 g/mol. The molecular formula is C19H27ClN2O2. The third-order valence-corrected chi connectivity index (χ3v) is 6.57. The minimum absolute atomic E-state index is 0. The van der Waals surface area contributed by atoms with Gasteiger partial charge in [-0.05, 0) is 30.4 Å². The van der Waals surface area contributed by atoms with E-state index in [1.807, 2.05) is 20.8 Å². The van der Waals surface area contributed by atoms with Crippen LogP contribution in [0.25, 0.3) is 0 Å². The fraction of sp³-hybridized carbons (Fsp3) is 0.632. The van der Waals surface area contributed by atoms with Gasteiger partial charge in [-0.25, -0.2) is 0 Å². The van der Waals surface area contributed by atoms with E-state index < -0.39 is 5.54 Å². The summed E-state index contributed by atoms with van der Waals surface area (Å²) in [5, 5.41) is 3.24. The van der Waals surface area contributed by atoms with Crippen LogP contribution in [0.3, 0.4) is 0 Å². The molecule has 0 radical (unpaired) electrons. The summed E-state index contributed by atoms with van der Waals surface area (Å²) >= 11 is 0. The maximum atomic E-state index is 12.8. The fourth-order valence-corrected chi connectivity index (χ4v) is 4.65. The average Bonchev–Trinajstić information content (AvgIpc) is 3.04. The van der Waals surface area contributed by atoms with E-state index in [1.54, 1.807) is 0 Å². The van der Waals surface area contributed by atoms with Crippen molar-refractivity contribution < 1.29 is 9.53 Å². The molecule has 0 saturated heterocycles. The molecule has 0 spiro atoms. The summed E-state index contributed by atoms with van der Waals surface area (Å²) in [5.41, 5.74) is 8.18. The minimum Gasteiger partial charge on any atom is -0.378 e. The van der Waals surface area contributed by atoms with Gasteiger partial charge < -0.3 is 15.8 Å². The first-order valence-electron chi connectivity index (χ1n) is 8.69. The zero-order valence-corrected chi connectivity index (χ0v) is 15.4. The maximum absolute atomic E-state index is 12.8. The lowest BCUT2D eigenvalue weighted by Gasteiger charge is -2.57. The molecule has 132 valence electrons. The van der Waals surface area contributed by atoms with Crippen LogP contribution in [0.2, 0.25) is 0 Å². The van der Waals surface area contributed by atoms with Crippen LogP contribution in [0.1, 0.15) is 44.2 Å². The van der Waals surface area contributed by atoms with Gasteiger partial charge in [0.15, 0.2) is 0 Å². The Balaban J connectivity index is 0.00000169. The van der Waals surface area contributed by atoms with Crippen LogP contribution >= 0.6 is 12.4 Å². The van der Waals surface area contributed by atoms with Crippen molar-refractivity contribution in [2.45, 2.75) is 57.2 Å². The molecule has 0 aliphatic heterocycles. The van der Waals surface area contributed by atoms with Crippen molar-refractivity contribution in [3.05, 3.63) is 35.4 Å². The maximum Gasteiger partial charge on any atom is 0.241 e. The highest BCUT2D eigenvalue weighted by Crippen LogP contribution is 2.57. The summed E-state index contributed by atoms with van der Waals surface area (Å²) in [7, 11) is 0. The number of hydrogen-bond acceptors (Lipinski definition) is 3. The Bertz CT molecular complexity index is 663. The normalized spacial score (nSPS) is 37.5. The predicted molar refractivity (Wildman–Crippen MR) is 96.3 cm³/mol. The first-order valence-corrected chi connectivity index (χ1v) is 8.69. The van der Waals surface area contributed by atoms with Gasteiger partial charge in [-0.1, -0.05) is 38.1 Å². The van der Waals surface area contributed by atoms with Crippen LogP contribution < -0.4 is 11.1 Å². The van der Waals surface area contributed by atoms with Crippen LogP contribution in [0.15, 0.2) is 24.3 Å². The van der Waals surface area contributed by atoms with E-state index in [0.717, 1.165) is 6.42 Å². The van der Waals surface area contributed by atoms with Crippen molar-refractivity contribution in [1.29, 1.82) is 0 Å². The summed E-state index contributed by atoms with van der Waals surface area (Å²) in [6, 6.07) is 8.84. The quantitative estimate of drug-likeness (QED) is 0.876. The number of ether oxygens (including phenoxy) is 1. The third kappa shape index (κ3) is 2.23. The molecule has 5 heteroatoms. The van der Waals surface area contributed by atoms with Crippen LogP contribution in [0.4, 0.5) is 0 Å². The number of halogens is 1. The van der Waals surface area contributed by atoms with E-state index in [1.165, 1.54) is 11.1 Å². The lowest BCUT2D eigenvalue weighted by Crippen LogP contribution is -2.76. The number of amides is 1. The Labute approximate surface area is 149 Å². The van der Waals surface area contributed by atoms with Gasteiger partial charge in [0.25, 0.3) is 0 Å². The SMILES string of the molecule is CCOC1CC(N)(C(=O)NC2C3Cc4ccccc4C32)C1(C)C.Cl. The van der Waals surface area contributed by atoms with Gasteiger partial charge in [0.1, 0.15) is 5.54 Å². The van der Waals surface area contributed by atoms with Gasteiger partial charge in [-0.3, -0.25) is 4.79 Å². The fourth-order valence-electron chi connectivity index (χ4n) is 4.65. The molecule has 0 heterocycles. The number of hydrogen-bond donors (Lipinski definition) is 2. The largest absolute Gasteiger partial charge is 0.378 e. The zero-order chi connectivity index (χ0) is 16.4. The van der Waals surface area contributed by atoms with E-state index >= 15 is 0 Å². The van der Waals surface area contributed by atoms with E-state index in [2.05, 4.69) is 29.6 Å². The molecule has 3 aliphatic carbocycles. The topological polar surface area (TPSA) is 64.3 Å². The predicted octanol–water partition coefficient (Wildman–Crippen LogP) is 2.40. The van der Waals surface area contributed by atoms with Gasteiger partial charge in [-0.15, -0.1) is 12.4 Å². The zero-order valence-electron chi connectivity index (χ0n) is 14.5. The highest BCUT2D eigenvalue weighted by Gasteiger charge is 2.65. The summed E-state index contributed by atoms with van der Waals surface area (Å²) in [6.45, 7) is 6.73. The highest BCUT2D eigenvalue weighted by atomic mass is 35.5. The van der Waals surface area contributed by atoms with Crippen molar-refractivity contribution in [3.8, 4) is 0 Å². The number of fused-ring (bicyclic) bond motifs is 3. The molecule has 4 nitrogen and oxygen atoms in total. The molecule has 1 amide bonds. The first-order chi connectivity index (χ1) is 10.9. The van der Waals surface area contributed by atoms with Crippen molar-refractivity contribution >= 4 is 18.3 Å². The van der Waals surface area contributed by atoms with Crippen molar-refractivity contribution in [3.63, 3.8) is 0 Å². The first kappa shape index (κ1) is 17.7. The third-order valence-electron chi connectivity index (χ3n) is 6.57. The van der Waals surface area contributed by atoms with Gasteiger partial charge in [0.2, 0.25) is 5.91 Å². The Kier molecular flexibility index (Phi) is 4.22. The number of nitrogens with two attached hydrogens (primary N) is 1. The second-order valence-corrected chi connectivity index (χ2v) is 7.93. The summed E-state index contributed by atoms with van der Waals surface area (Å²) in [4.78, 5) is 12.8. The van der Waals surface area contributed by atoms with Gasteiger partial charge >= 0.3 is 0 Å². The standard InChI is InChI=1S/C19H26N2O2.ClH/c1-4-23-14-10-19(20,18(14,2)3)17(22)21-16-13-9-11-7-5-6-8-12(11)15(13)16;/h5-8,13-16H,4,9-10,20H2,1-3H3,(H,21,22);1H. The minimum atomic E-state index is -0.816. The average molecular weight is 351 g/mol. The number of carbonyl (C=O) groups is 1. The molecule has 0 aromatic heterocycles. The van der Waals surface area contributed by atoms with Crippen LogP contribution in [0, 0.1) is 11.3 Å². The summed E-state index contributed by atoms with van der Waals surface area (Å²) in [6.07, 6.45) is 1.76. The molecule has 1 aromatic carbocycles. The Morgan fingerprint density at radius 1 is 1.38 bits per heavy atom. The van der Waals surface area contributed by atoms with Gasteiger partial charge in [0, 0.05) is 30.4 Å². The number of benzene rings is 1. The number of nitrogens with one attached hydrogen (secondary N) is 1. The smallest absolute Gasteiger partial charge is 0.241 e. The molecule has 3 N–H and O–H groups in total. The molecule has 5 atom stereocenters. The Morgan fingerprint density at radius 3 is 2.75 bits per heavy atom.